The van der Waals surface area contributed by atoms with Crippen molar-refractivity contribution in [3.05, 3.63) is 47.4 Å². The molecule has 4 N–H and O–H groups in total. The SMILES string of the molecule is CC(C)(C)OC(=O)N[C@H]1CCCCCC=C[C@@H]2C[C@@]2(C(=O)O)NC(=O)[C@@H]2C[C@@H](NC(=O)c3cc4ccccc4s3)CN2C1=O. The predicted molar refractivity (Wildman–Crippen MR) is 165 cm³/mol. The van der Waals surface area contributed by atoms with Crippen molar-refractivity contribution in [2.45, 2.75) is 95.0 Å². The summed E-state index contributed by atoms with van der Waals surface area (Å²) in [6.07, 6.45) is 6.80. The van der Waals surface area contributed by atoms with Gasteiger partial charge in [-0.3, -0.25) is 14.4 Å². The van der Waals surface area contributed by atoms with Crippen LogP contribution >= 0.6 is 11.3 Å². The van der Waals surface area contributed by atoms with Gasteiger partial charge in [0, 0.05) is 23.2 Å². The van der Waals surface area contributed by atoms with Gasteiger partial charge in [0.05, 0.1) is 4.88 Å². The summed E-state index contributed by atoms with van der Waals surface area (Å²) in [5.74, 6) is -2.85. The first-order valence-corrected chi connectivity index (χ1v) is 16.0. The lowest BCUT2D eigenvalue weighted by Gasteiger charge is -2.30. The van der Waals surface area contributed by atoms with Crippen LogP contribution in [0.3, 0.4) is 0 Å². The van der Waals surface area contributed by atoms with Gasteiger partial charge in [-0.2, -0.15) is 0 Å². The summed E-state index contributed by atoms with van der Waals surface area (Å²) in [6, 6.07) is 6.90. The number of alkyl carbamates (subject to hydrolysis) is 1. The lowest BCUT2D eigenvalue weighted by atomic mass is 10.0. The number of nitrogens with one attached hydrogen (secondary N) is 3. The van der Waals surface area contributed by atoms with Crippen molar-refractivity contribution in [3.8, 4) is 0 Å². The molecule has 2 aliphatic heterocycles. The smallest absolute Gasteiger partial charge is 0.408 e. The van der Waals surface area contributed by atoms with Crippen LogP contribution in [0.2, 0.25) is 0 Å². The second kappa shape index (κ2) is 12.6. The second-order valence-corrected chi connectivity index (χ2v) is 14.0. The Morgan fingerprint density at radius 2 is 1.89 bits per heavy atom. The number of carbonyl (C=O) groups is 5. The van der Waals surface area contributed by atoms with Gasteiger partial charge in [-0.1, -0.05) is 43.2 Å². The van der Waals surface area contributed by atoms with Crippen LogP contribution < -0.4 is 16.0 Å². The number of hydrogen-bond donors (Lipinski definition) is 4. The number of aliphatic carboxylic acids is 1. The van der Waals surface area contributed by atoms with E-state index in [0.29, 0.717) is 17.7 Å². The topological polar surface area (TPSA) is 154 Å². The van der Waals surface area contributed by atoms with Crippen molar-refractivity contribution in [1.29, 1.82) is 0 Å². The third-order valence-electron chi connectivity index (χ3n) is 8.34. The lowest BCUT2D eigenvalue weighted by molar-refractivity contribution is -0.145. The number of benzene rings is 1. The highest BCUT2D eigenvalue weighted by Crippen LogP contribution is 2.45. The van der Waals surface area contributed by atoms with Crippen molar-refractivity contribution >= 4 is 51.2 Å². The molecule has 236 valence electrons. The number of carboxylic acid groups (broad SMARTS) is 1. The zero-order chi connectivity index (χ0) is 31.6. The Morgan fingerprint density at radius 1 is 1.11 bits per heavy atom. The van der Waals surface area contributed by atoms with Gasteiger partial charge in [-0.25, -0.2) is 9.59 Å². The maximum atomic E-state index is 14.1. The highest BCUT2D eigenvalue weighted by molar-refractivity contribution is 7.20. The van der Waals surface area contributed by atoms with Crippen molar-refractivity contribution in [2.24, 2.45) is 5.92 Å². The minimum absolute atomic E-state index is 0.0312. The lowest BCUT2D eigenvalue weighted by Crippen LogP contribution is -2.56. The van der Waals surface area contributed by atoms with Gasteiger partial charge >= 0.3 is 12.1 Å². The summed E-state index contributed by atoms with van der Waals surface area (Å²) < 4.78 is 6.39. The van der Waals surface area contributed by atoms with Crippen LogP contribution in [0.4, 0.5) is 4.79 Å². The molecule has 4 amide bonds. The van der Waals surface area contributed by atoms with Gasteiger partial charge < -0.3 is 30.7 Å². The number of carbonyl (C=O) groups excluding carboxylic acids is 4. The van der Waals surface area contributed by atoms with Crippen LogP contribution in [-0.4, -0.2) is 75.6 Å². The number of rotatable bonds is 4. The Labute approximate surface area is 260 Å². The molecule has 5 rings (SSSR count). The van der Waals surface area contributed by atoms with Gasteiger partial charge in [0.15, 0.2) is 0 Å². The van der Waals surface area contributed by atoms with E-state index in [9.17, 15) is 29.1 Å². The van der Waals surface area contributed by atoms with E-state index in [1.807, 2.05) is 36.4 Å². The number of ether oxygens (including phenoxy) is 1. The van der Waals surface area contributed by atoms with Crippen molar-refractivity contribution < 1.29 is 33.8 Å². The quantitative estimate of drug-likeness (QED) is 0.376. The van der Waals surface area contributed by atoms with Crippen LogP contribution in [0.1, 0.15) is 75.4 Å². The van der Waals surface area contributed by atoms with E-state index < -0.39 is 53.1 Å². The maximum Gasteiger partial charge on any atom is 0.408 e. The Morgan fingerprint density at radius 3 is 2.61 bits per heavy atom. The largest absolute Gasteiger partial charge is 0.479 e. The second-order valence-electron chi connectivity index (χ2n) is 12.9. The molecule has 0 radical (unpaired) electrons. The average Bonchev–Trinajstić information content (AvgIpc) is 3.27. The molecular formula is C32H40N4O7S. The van der Waals surface area contributed by atoms with Crippen LogP contribution in [0.5, 0.6) is 0 Å². The van der Waals surface area contributed by atoms with Crippen molar-refractivity contribution in [2.75, 3.05) is 6.54 Å². The Bertz CT molecular complexity index is 1450. The zero-order valence-electron chi connectivity index (χ0n) is 25.3. The third kappa shape index (κ3) is 7.06. The molecule has 1 aliphatic carbocycles. The van der Waals surface area contributed by atoms with E-state index in [2.05, 4.69) is 16.0 Å². The van der Waals surface area contributed by atoms with Gasteiger partial charge in [0.1, 0.15) is 23.2 Å². The fourth-order valence-corrected chi connectivity index (χ4v) is 6.97. The first-order chi connectivity index (χ1) is 20.9. The number of carboxylic acids is 1. The van der Waals surface area contributed by atoms with Crippen LogP contribution in [0.25, 0.3) is 10.1 Å². The first-order valence-electron chi connectivity index (χ1n) is 15.2. The molecule has 0 unspecified atom stereocenters. The molecule has 3 aliphatic rings. The fraction of sp³-hybridized carbons (Fsp3) is 0.531. The molecule has 12 heteroatoms. The molecule has 5 atom stereocenters. The molecule has 1 saturated heterocycles. The molecule has 0 spiro atoms. The highest BCUT2D eigenvalue weighted by atomic mass is 32.1. The van der Waals surface area contributed by atoms with Crippen LogP contribution in [0, 0.1) is 5.92 Å². The first kappa shape index (κ1) is 31.5. The summed E-state index contributed by atoms with van der Waals surface area (Å²) in [6.45, 7) is 5.22. The van der Waals surface area contributed by atoms with E-state index in [1.54, 1.807) is 26.8 Å². The molecule has 3 heterocycles. The summed E-state index contributed by atoms with van der Waals surface area (Å²) in [4.78, 5) is 68.0. The summed E-state index contributed by atoms with van der Waals surface area (Å²) in [5, 5.41) is 19.4. The van der Waals surface area contributed by atoms with Gasteiger partial charge in [0.25, 0.3) is 5.91 Å². The number of amides is 4. The van der Waals surface area contributed by atoms with E-state index >= 15 is 0 Å². The number of thiophene rings is 1. The van der Waals surface area contributed by atoms with E-state index in [4.69, 9.17) is 4.74 Å². The molecule has 0 bridgehead atoms. The minimum atomic E-state index is -1.44. The number of nitrogens with zero attached hydrogens (tertiary/aromatic N) is 1. The normalized spacial score (nSPS) is 27.8. The molecule has 2 fully saturated rings. The number of allylic oxidation sites excluding steroid dienone is 1. The van der Waals surface area contributed by atoms with Gasteiger partial charge in [0.2, 0.25) is 11.8 Å². The zero-order valence-corrected chi connectivity index (χ0v) is 26.1. The van der Waals surface area contributed by atoms with Crippen LogP contribution in [0.15, 0.2) is 42.5 Å². The maximum absolute atomic E-state index is 14.1. The average molecular weight is 625 g/mol. The molecular weight excluding hydrogens is 584 g/mol. The Kier molecular flexibility index (Phi) is 9.01. The molecule has 1 aromatic carbocycles. The van der Waals surface area contributed by atoms with Crippen molar-refractivity contribution in [3.63, 3.8) is 0 Å². The molecule has 44 heavy (non-hydrogen) atoms. The molecule has 2 aromatic rings. The molecule has 1 aromatic heterocycles. The van der Waals surface area contributed by atoms with Gasteiger partial charge in [-0.15, -0.1) is 11.3 Å². The summed E-state index contributed by atoms with van der Waals surface area (Å²) >= 11 is 1.35. The predicted octanol–water partition coefficient (Wildman–Crippen LogP) is 3.97. The van der Waals surface area contributed by atoms with E-state index in [1.165, 1.54) is 16.2 Å². The Balaban J connectivity index is 1.40. The monoisotopic (exact) mass is 624 g/mol. The number of hydrogen-bond acceptors (Lipinski definition) is 7. The summed E-state index contributed by atoms with van der Waals surface area (Å²) in [5.41, 5.74) is -2.21. The standard InChI is InChI=1S/C32H40N4O7S/c1-31(2,3)43-30(42)34-22-13-8-6-4-5-7-12-20-17-32(20,29(40)41)35-26(37)23-16-21(18-36(23)28(22)39)33-27(38)25-15-19-11-9-10-14-24(19)44-25/h7,9-12,14-15,20-23H,4-6,8,13,16-18H2,1-3H3,(H,33,38)(H,34,42)(H,35,37)(H,40,41)/t20-,21-,22+,23+,32-/m1/s1. The van der Waals surface area contributed by atoms with Crippen molar-refractivity contribution in [1.82, 2.24) is 20.9 Å². The van der Waals surface area contributed by atoms with E-state index in [0.717, 1.165) is 29.3 Å². The van der Waals surface area contributed by atoms with E-state index in [-0.39, 0.29) is 31.2 Å². The summed E-state index contributed by atoms with van der Waals surface area (Å²) in [7, 11) is 0. The fourth-order valence-electron chi connectivity index (χ4n) is 6.00. The number of fused-ring (bicyclic) bond motifs is 3. The van der Waals surface area contributed by atoms with Gasteiger partial charge in [-0.05, 0) is 70.4 Å². The highest BCUT2D eigenvalue weighted by Gasteiger charge is 2.61. The Hall–Kier alpha value is -3.93. The third-order valence-corrected chi connectivity index (χ3v) is 9.45. The molecule has 1 saturated carbocycles. The van der Waals surface area contributed by atoms with Crippen LogP contribution in [-0.2, 0) is 19.1 Å². The molecule has 11 nitrogen and oxygen atoms in total. The minimum Gasteiger partial charge on any atom is -0.479 e.